The summed E-state index contributed by atoms with van der Waals surface area (Å²) >= 11 is 0. The maximum Gasteiger partial charge on any atom is 0.160 e. The minimum absolute atomic E-state index is 0.582. The van der Waals surface area contributed by atoms with Gasteiger partial charge in [0.25, 0.3) is 0 Å². The lowest BCUT2D eigenvalue weighted by Crippen LogP contribution is -2.34. The molecule has 10 rings (SSSR count). The zero-order chi connectivity index (χ0) is 37.3. The Morgan fingerprint density at radius 2 is 0.786 bits per heavy atom. The first-order valence-electron chi connectivity index (χ1n) is 19.0. The highest BCUT2D eigenvalue weighted by molar-refractivity contribution is 5.83. The molecule has 0 bridgehead atoms. The van der Waals surface area contributed by atoms with Crippen LogP contribution in [0.2, 0.25) is 0 Å². The van der Waals surface area contributed by atoms with E-state index in [0.717, 1.165) is 73.0 Å². The van der Waals surface area contributed by atoms with Crippen molar-refractivity contribution in [3.05, 3.63) is 241 Å². The number of nitrogens with zero attached hydrogens (tertiary/aromatic N) is 2. The summed E-state index contributed by atoms with van der Waals surface area (Å²) in [6, 6.07) is 76.7. The van der Waals surface area contributed by atoms with Gasteiger partial charge in [-0.05, 0) is 52.1 Å². The van der Waals surface area contributed by atoms with E-state index in [-0.39, 0.29) is 0 Å². The quantitative estimate of drug-likeness (QED) is 0.165. The molecule has 0 amide bonds. The van der Waals surface area contributed by atoms with Gasteiger partial charge < -0.3 is 4.74 Å². The summed E-state index contributed by atoms with van der Waals surface area (Å²) in [6.07, 6.45) is 0. The summed E-state index contributed by atoms with van der Waals surface area (Å²) in [5, 5.41) is 0. The van der Waals surface area contributed by atoms with Crippen molar-refractivity contribution in [2.75, 3.05) is 0 Å². The highest BCUT2D eigenvalue weighted by Crippen LogP contribution is 2.57. The van der Waals surface area contributed by atoms with E-state index in [4.69, 9.17) is 14.7 Å². The minimum atomic E-state index is -0.582. The summed E-state index contributed by atoms with van der Waals surface area (Å²) in [7, 11) is 0. The predicted molar refractivity (Wildman–Crippen MR) is 228 cm³/mol. The predicted octanol–water partition coefficient (Wildman–Crippen LogP) is 13.3. The Morgan fingerprint density at radius 3 is 1.39 bits per heavy atom. The molecule has 1 aromatic heterocycles. The highest BCUT2D eigenvalue weighted by Gasteiger charge is 2.45. The molecule has 264 valence electrons. The molecule has 0 saturated heterocycles. The highest BCUT2D eigenvalue weighted by atomic mass is 16.5. The zero-order valence-electron chi connectivity index (χ0n) is 30.6. The molecule has 8 aromatic carbocycles. The molecule has 56 heavy (non-hydrogen) atoms. The maximum absolute atomic E-state index is 6.96. The average Bonchev–Trinajstić information content (AvgIpc) is 3.29. The number of benzene rings is 8. The first-order valence-corrected chi connectivity index (χ1v) is 19.0. The van der Waals surface area contributed by atoms with E-state index >= 15 is 0 Å². The summed E-state index contributed by atoms with van der Waals surface area (Å²) < 4.78 is 6.96. The second-order valence-corrected chi connectivity index (χ2v) is 14.1. The van der Waals surface area contributed by atoms with Gasteiger partial charge in [0.15, 0.2) is 5.82 Å². The van der Waals surface area contributed by atoms with Crippen LogP contribution in [0.5, 0.6) is 11.5 Å². The number of hydrogen-bond acceptors (Lipinski definition) is 3. The lowest BCUT2D eigenvalue weighted by molar-refractivity contribution is 0.436. The Kier molecular flexibility index (Phi) is 8.38. The second kappa shape index (κ2) is 14.1. The van der Waals surface area contributed by atoms with Crippen LogP contribution in [-0.4, -0.2) is 9.97 Å². The van der Waals surface area contributed by atoms with Gasteiger partial charge in [0.05, 0.1) is 16.8 Å². The van der Waals surface area contributed by atoms with Gasteiger partial charge in [0, 0.05) is 33.4 Å². The van der Waals surface area contributed by atoms with Crippen LogP contribution in [0.4, 0.5) is 0 Å². The van der Waals surface area contributed by atoms with Crippen molar-refractivity contribution in [3.8, 4) is 67.7 Å². The monoisotopic (exact) mass is 716 g/mol. The second-order valence-electron chi connectivity index (χ2n) is 14.1. The third-order valence-corrected chi connectivity index (χ3v) is 10.8. The fourth-order valence-electron chi connectivity index (χ4n) is 8.25. The Bertz CT molecular complexity index is 2720. The number of rotatable bonds is 7. The molecule has 0 fully saturated rings. The molecule has 0 radical (unpaired) electrons. The Hall–Kier alpha value is -7.36. The van der Waals surface area contributed by atoms with Crippen LogP contribution in [0.1, 0.15) is 22.3 Å². The van der Waals surface area contributed by atoms with Gasteiger partial charge in [0.2, 0.25) is 0 Å². The van der Waals surface area contributed by atoms with Gasteiger partial charge >= 0.3 is 0 Å². The van der Waals surface area contributed by atoms with Crippen LogP contribution in [0, 0.1) is 0 Å². The van der Waals surface area contributed by atoms with Gasteiger partial charge in [-0.1, -0.05) is 194 Å². The third-order valence-electron chi connectivity index (χ3n) is 10.8. The number of aromatic nitrogens is 2. The average molecular weight is 717 g/mol. The molecule has 3 heteroatoms. The van der Waals surface area contributed by atoms with Crippen molar-refractivity contribution < 1.29 is 4.74 Å². The molecule has 0 saturated carbocycles. The molecular weight excluding hydrogens is 681 g/mol. The molecule has 3 nitrogen and oxygen atoms in total. The first kappa shape index (κ1) is 33.2. The van der Waals surface area contributed by atoms with Crippen molar-refractivity contribution in [2.24, 2.45) is 0 Å². The van der Waals surface area contributed by atoms with Crippen LogP contribution < -0.4 is 4.74 Å². The van der Waals surface area contributed by atoms with E-state index in [1.807, 2.05) is 36.4 Å². The van der Waals surface area contributed by atoms with Crippen molar-refractivity contribution in [1.82, 2.24) is 9.97 Å². The lowest BCUT2D eigenvalue weighted by atomic mass is 9.63. The van der Waals surface area contributed by atoms with Crippen molar-refractivity contribution in [1.29, 1.82) is 0 Å². The summed E-state index contributed by atoms with van der Waals surface area (Å²) in [6.45, 7) is 0. The van der Waals surface area contributed by atoms with Crippen LogP contribution in [0.25, 0.3) is 56.2 Å². The summed E-state index contributed by atoms with van der Waals surface area (Å²) in [5.74, 6) is 2.41. The van der Waals surface area contributed by atoms with Crippen LogP contribution in [0.15, 0.2) is 218 Å². The standard InChI is InChI=1S/C53H36N2O/c1-5-18-37(19-6-1)48-36-49(38-20-7-2-8-21-38)55-52(54-48)42-25-16-23-40(35-42)39-22-15-24-41(34-39)45-30-17-32-47-51(45)56-50-33-14-13-31-46(50)53(47,43-26-9-3-10-27-43)44-28-11-4-12-29-44/h1-36H. The summed E-state index contributed by atoms with van der Waals surface area (Å²) in [5.41, 5.74) is 13.2. The van der Waals surface area contributed by atoms with Gasteiger partial charge in [-0.25, -0.2) is 9.97 Å². The van der Waals surface area contributed by atoms with Crippen molar-refractivity contribution in [2.45, 2.75) is 5.41 Å². The van der Waals surface area contributed by atoms with Crippen molar-refractivity contribution in [3.63, 3.8) is 0 Å². The van der Waals surface area contributed by atoms with Crippen LogP contribution in [-0.2, 0) is 5.41 Å². The molecule has 0 spiro atoms. The fraction of sp³-hybridized carbons (Fsp3) is 0.0189. The van der Waals surface area contributed by atoms with E-state index in [1.165, 1.54) is 11.1 Å². The number of hydrogen-bond donors (Lipinski definition) is 0. The van der Waals surface area contributed by atoms with Gasteiger partial charge in [-0.2, -0.15) is 0 Å². The summed E-state index contributed by atoms with van der Waals surface area (Å²) in [4.78, 5) is 10.2. The first-order chi connectivity index (χ1) is 27.8. The normalized spacial score (nSPS) is 12.6. The molecule has 2 heterocycles. The Balaban J connectivity index is 1.10. The van der Waals surface area contributed by atoms with Crippen molar-refractivity contribution >= 4 is 0 Å². The van der Waals surface area contributed by atoms with Gasteiger partial charge in [0.1, 0.15) is 11.5 Å². The minimum Gasteiger partial charge on any atom is -0.456 e. The largest absolute Gasteiger partial charge is 0.456 e. The molecule has 0 atom stereocenters. The van der Waals surface area contributed by atoms with E-state index < -0.39 is 5.41 Å². The molecule has 1 aliphatic heterocycles. The molecule has 1 aliphatic rings. The third kappa shape index (κ3) is 5.78. The molecular formula is C53H36N2O. The maximum atomic E-state index is 6.96. The Morgan fingerprint density at radius 1 is 0.339 bits per heavy atom. The number of para-hydroxylation sites is 2. The van der Waals surface area contributed by atoms with Gasteiger partial charge in [-0.15, -0.1) is 0 Å². The van der Waals surface area contributed by atoms with E-state index in [9.17, 15) is 0 Å². The van der Waals surface area contributed by atoms with Crippen LogP contribution >= 0.6 is 0 Å². The molecule has 0 aliphatic carbocycles. The number of ether oxygens (including phenoxy) is 1. The molecule has 9 aromatic rings. The topological polar surface area (TPSA) is 35.0 Å². The van der Waals surface area contributed by atoms with Crippen LogP contribution in [0.3, 0.4) is 0 Å². The Labute approximate surface area is 327 Å². The van der Waals surface area contributed by atoms with Gasteiger partial charge in [-0.3, -0.25) is 0 Å². The van der Waals surface area contributed by atoms with E-state index in [2.05, 4.69) is 182 Å². The molecule has 0 unspecified atom stereocenters. The molecule has 0 N–H and O–H groups in total. The lowest BCUT2D eigenvalue weighted by Gasteiger charge is -2.42. The fourth-order valence-corrected chi connectivity index (χ4v) is 8.25. The zero-order valence-corrected chi connectivity index (χ0v) is 30.6. The smallest absolute Gasteiger partial charge is 0.160 e. The SMILES string of the molecule is c1ccc(-c2cc(-c3ccccc3)nc(-c3cccc(-c4cccc(-c5cccc6c5Oc5ccccc5C6(c5ccccc5)c5ccccc5)c4)c3)n2)cc1. The van der Waals surface area contributed by atoms with E-state index in [1.54, 1.807) is 0 Å². The van der Waals surface area contributed by atoms with E-state index in [0.29, 0.717) is 5.82 Å². The number of fused-ring (bicyclic) bond motifs is 2.